The molecule has 2 aliphatic heterocycles. The molecule has 2 aromatic rings. The van der Waals surface area contributed by atoms with Gasteiger partial charge in [0.15, 0.2) is 35.4 Å². The van der Waals surface area contributed by atoms with Gasteiger partial charge in [0.1, 0.15) is 5.92 Å². The van der Waals surface area contributed by atoms with Crippen molar-refractivity contribution >= 4 is 34.3 Å². The summed E-state index contributed by atoms with van der Waals surface area (Å²) >= 11 is 0.942. The summed E-state index contributed by atoms with van der Waals surface area (Å²) in [6.07, 6.45) is -5.87. The summed E-state index contributed by atoms with van der Waals surface area (Å²) in [5.74, 6) is -5.43. The molecule has 0 bridgehead atoms. The number of thiazole rings is 1. The van der Waals surface area contributed by atoms with E-state index in [1.54, 1.807) is 6.92 Å². The number of nitrogens with one attached hydrogen (secondary N) is 1. The topological polar surface area (TPSA) is 101 Å². The number of benzene rings is 1. The van der Waals surface area contributed by atoms with Crippen LogP contribution >= 0.6 is 11.3 Å². The number of hydrogen-bond acceptors (Lipinski definition) is 7. The molecule has 15 heteroatoms. The zero-order valence-electron chi connectivity index (χ0n) is 19.5. The number of imide groups is 1. The Kier molecular flexibility index (Phi) is 6.83. The molecule has 1 fully saturated rings. The van der Waals surface area contributed by atoms with Gasteiger partial charge in [-0.3, -0.25) is 19.4 Å². The number of nitrogens with zero attached hydrogens (tertiary/aromatic N) is 3. The third-order valence-corrected chi connectivity index (χ3v) is 6.51. The van der Waals surface area contributed by atoms with Gasteiger partial charge in [-0.25, -0.2) is 18.6 Å². The first-order valence-corrected chi connectivity index (χ1v) is 11.5. The number of urea groups is 1. The van der Waals surface area contributed by atoms with Gasteiger partial charge in [0, 0.05) is 25.0 Å². The molecule has 198 valence electrons. The molecule has 0 aliphatic carbocycles. The van der Waals surface area contributed by atoms with Crippen LogP contribution in [0.2, 0.25) is 0 Å². The summed E-state index contributed by atoms with van der Waals surface area (Å²) in [7, 11) is 2.82. The number of aromatic nitrogens is 1. The second-order valence-corrected chi connectivity index (χ2v) is 9.15. The Labute approximate surface area is 210 Å². The van der Waals surface area contributed by atoms with Gasteiger partial charge in [-0.1, -0.05) is 0 Å². The van der Waals surface area contributed by atoms with Gasteiger partial charge in [0.25, 0.3) is 0 Å². The van der Waals surface area contributed by atoms with Gasteiger partial charge in [-0.05, 0) is 24.6 Å². The van der Waals surface area contributed by atoms with E-state index in [4.69, 9.17) is 4.74 Å². The molecule has 0 spiro atoms. The molecule has 4 amide bonds. The Bertz CT molecular complexity index is 1290. The SMILES string of the molecule is CC1=C(CC(=O)Nc2nc(-c3cc(F)c(OCC(F)(F)F)c(F)c3)cs2)C2C(=O)N(C)C(=O)N(C)C2O1. The number of anilines is 1. The van der Waals surface area contributed by atoms with Crippen molar-refractivity contribution in [2.75, 3.05) is 26.0 Å². The fourth-order valence-electron chi connectivity index (χ4n) is 3.97. The average molecular weight is 546 g/mol. The van der Waals surface area contributed by atoms with Crippen LogP contribution in [-0.2, 0) is 14.3 Å². The van der Waals surface area contributed by atoms with Gasteiger partial charge in [-0.2, -0.15) is 13.2 Å². The first-order chi connectivity index (χ1) is 17.3. The van der Waals surface area contributed by atoms with Crippen LogP contribution in [0.4, 0.5) is 31.9 Å². The lowest BCUT2D eigenvalue weighted by Gasteiger charge is -2.37. The maximum Gasteiger partial charge on any atom is 0.422 e. The third-order valence-electron chi connectivity index (χ3n) is 5.75. The second-order valence-electron chi connectivity index (χ2n) is 8.29. The number of allylic oxidation sites excluding steroid dienone is 1. The van der Waals surface area contributed by atoms with Crippen molar-refractivity contribution < 1.29 is 45.8 Å². The van der Waals surface area contributed by atoms with Gasteiger partial charge in [0.2, 0.25) is 11.8 Å². The number of hydrogen-bond donors (Lipinski definition) is 1. The number of fused-ring (bicyclic) bond motifs is 1. The quantitative estimate of drug-likeness (QED) is 0.547. The molecule has 1 aromatic carbocycles. The van der Waals surface area contributed by atoms with Gasteiger partial charge < -0.3 is 14.8 Å². The van der Waals surface area contributed by atoms with E-state index in [0.29, 0.717) is 11.3 Å². The predicted octanol–water partition coefficient (Wildman–Crippen LogP) is 4.13. The molecule has 2 unspecified atom stereocenters. The maximum atomic E-state index is 14.2. The minimum absolute atomic E-state index is 0.0596. The van der Waals surface area contributed by atoms with Crippen LogP contribution < -0.4 is 10.1 Å². The monoisotopic (exact) mass is 546 g/mol. The zero-order valence-corrected chi connectivity index (χ0v) is 20.3. The predicted molar refractivity (Wildman–Crippen MR) is 119 cm³/mol. The minimum atomic E-state index is -4.77. The number of halogens is 5. The number of ether oxygens (including phenoxy) is 2. The number of carbonyl (C=O) groups excluding carboxylic acids is 3. The van der Waals surface area contributed by atoms with Crippen LogP contribution in [0.1, 0.15) is 13.3 Å². The van der Waals surface area contributed by atoms with E-state index in [2.05, 4.69) is 15.0 Å². The van der Waals surface area contributed by atoms with Crippen molar-refractivity contribution in [1.29, 1.82) is 0 Å². The lowest BCUT2D eigenvalue weighted by molar-refractivity contribution is -0.154. The number of alkyl halides is 3. The smallest absolute Gasteiger partial charge is 0.422 e. The van der Waals surface area contributed by atoms with Crippen molar-refractivity contribution in [3.05, 3.63) is 40.5 Å². The highest BCUT2D eigenvalue weighted by molar-refractivity contribution is 7.14. The van der Waals surface area contributed by atoms with Crippen LogP contribution in [0.3, 0.4) is 0 Å². The van der Waals surface area contributed by atoms with Crippen LogP contribution in [0.15, 0.2) is 28.8 Å². The highest BCUT2D eigenvalue weighted by Gasteiger charge is 2.51. The maximum absolute atomic E-state index is 14.2. The van der Waals surface area contributed by atoms with Crippen molar-refractivity contribution in [3.8, 4) is 17.0 Å². The Morgan fingerprint density at radius 2 is 1.86 bits per heavy atom. The Morgan fingerprint density at radius 3 is 2.49 bits per heavy atom. The van der Waals surface area contributed by atoms with Gasteiger partial charge in [-0.15, -0.1) is 11.3 Å². The molecule has 37 heavy (non-hydrogen) atoms. The molecule has 9 nitrogen and oxygen atoms in total. The van der Waals surface area contributed by atoms with Crippen LogP contribution in [0, 0.1) is 17.6 Å². The summed E-state index contributed by atoms with van der Waals surface area (Å²) in [4.78, 5) is 43.9. The summed E-state index contributed by atoms with van der Waals surface area (Å²) in [5, 5.41) is 4.00. The van der Waals surface area contributed by atoms with Crippen molar-refractivity contribution in [2.24, 2.45) is 5.92 Å². The molecule has 3 heterocycles. The lowest BCUT2D eigenvalue weighted by Crippen LogP contribution is -2.58. The Balaban J connectivity index is 1.45. The van der Waals surface area contributed by atoms with E-state index in [1.807, 2.05) is 0 Å². The number of carbonyl (C=O) groups is 3. The van der Waals surface area contributed by atoms with Crippen LogP contribution in [0.25, 0.3) is 11.3 Å². The average Bonchev–Trinajstić information content (AvgIpc) is 3.39. The van der Waals surface area contributed by atoms with E-state index in [-0.39, 0.29) is 22.8 Å². The second kappa shape index (κ2) is 9.61. The van der Waals surface area contributed by atoms with Crippen molar-refractivity contribution in [3.63, 3.8) is 0 Å². The molecule has 2 aliphatic rings. The molecule has 1 N–H and O–H groups in total. The van der Waals surface area contributed by atoms with E-state index < -0.39 is 60.2 Å². The Morgan fingerprint density at radius 1 is 1.22 bits per heavy atom. The zero-order chi connectivity index (χ0) is 27.2. The van der Waals surface area contributed by atoms with Crippen LogP contribution in [0.5, 0.6) is 5.75 Å². The molecular formula is C22H19F5N4O5S. The molecule has 1 saturated heterocycles. The van der Waals surface area contributed by atoms with Gasteiger partial charge >= 0.3 is 12.2 Å². The largest absolute Gasteiger partial charge is 0.478 e. The highest BCUT2D eigenvalue weighted by Crippen LogP contribution is 2.39. The summed E-state index contributed by atoms with van der Waals surface area (Å²) in [6, 6.07) is 0.999. The molecule has 4 rings (SSSR count). The van der Waals surface area contributed by atoms with Crippen molar-refractivity contribution in [2.45, 2.75) is 25.7 Å². The number of amides is 4. The minimum Gasteiger partial charge on any atom is -0.478 e. The summed E-state index contributed by atoms with van der Waals surface area (Å²) in [6.45, 7) is -0.274. The van der Waals surface area contributed by atoms with E-state index in [0.717, 1.165) is 28.4 Å². The molecule has 2 atom stereocenters. The Hall–Kier alpha value is -3.75. The van der Waals surface area contributed by atoms with Crippen molar-refractivity contribution in [1.82, 2.24) is 14.8 Å². The fraction of sp³-hybridized carbons (Fsp3) is 0.364. The summed E-state index contributed by atoms with van der Waals surface area (Å²) < 4.78 is 75.2. The van der Waals surface area contributed by atoms with E-state index in [1.165, 1.54) is 24.4 Å². The standard InChI is InChI=1S/C22H19F5N4O5S/c1-9-11(16-18(33)30(2)21(34)31(3)19(16)36-9)6-15(32)29-20-28-14(7-37-20)10-4-12(23)17(13(24)5-10)35-8-22(25,26)27/h4-5,7,16,19H,6,8H2,1-3H3,(H,28,29,32). The molecular weight excluding hydrogens is 527 g/mol. The highest BCUT2D eigenvalue weighted by atomic mass is 32.1. The fourth-order valence-corrected chi connectivity index (χ4v) is 4.71. The van der Waals surface area contributed by atoms with E-state index in [9.17, 15) is 36.3 Å². The first-order valence-electron chi connectivity index (χ1n) is 10.6. The summed E-state index contributed by atoms with van der Waals surface area (Å²) in [5.41, 5.74) is 0.374. The third kappa shape index (κ3) is 5.21. The van der Waals surface area contributed by atoms with E-state index >= 15 is 0 Å². The normalized spacial score (nSPS) is 19.8. The first kappa shape index (κ1) is 26.3. The number of rotatable bonds is 6. The molecule has 0 saturated carbocycles. The van der Waals surface area contributed by atoms with Crippen LogP contribution in [-0.4, -0.2) is 65.7 Å². The molecule has 1 aromatic heterocycles. The van der Waals surface area contributed by atoms with Gasteiger partial charge in [0.05, 0.1) is 17.9 Å². The lowest BCUT2D eigenvalue weighted by atomic mass is 9.92. The molecule has 0 radical (unpaired) electrons.